The third kappa shape index (κ3) is 5.74. The second-order valence-corrected chi connectivity index (χ2v) is 6.30. The fraction of sp³-hybridized carbons (Fsp3) is 0.368. The Labute approximate surface area is 136 Å². The first-order chi connectivity index (χ1) is 11.2. The maximum atomic E-state index is 11.8. The molecule has 0 aromatic heterocycles. The zero-order chi connectivity index (χ0) is 16.1. The molecule has 0 bridgehead atoms. The molecule has 4 nitrogen and oxygen atoms in total. The summed E-state index contributed by atoms with van der Waals surface area (Å²) in [6, 6.07) is 7.54. The zero-order valence-electron chi connectivity index (χ0n) is 13.1. The molecule has 0 saturated heterocycles. The first kappa shape index (κ1) is 15.5. The summed E-state index contributed by atoms with van der Waals surface area (Å²) in [5.41, 5.74) is 1.71. The summed E-state index contributed by atoms with van der Waals surface area (Å²) in [7, 11) is 0. The van der Waals surface area contributed by atoms with Crippen LogP contribution < -0.4 is 10.6 Å². The number of carbonyl (C=O) groups is 2. The van der Waals surface area contributed by atoms with Gasteiger partial charge in [-0.15, -0.1) is 0 Å². The molecule has 2 aliphatic carbocycles. The SMILES string of the molecule is O=C(/C=C\C1CC1)NCc1cccc(NC(=O)/C=C\C2CC2)c1. The molecule has 2 saturated carbocycles. The highest BCUT2D eigenvalue weighted by molar-refractivity contribution is 5.99. The minimum atomic E-state index is -0.106. The van der Waals surface area contributed by atoms with E-state index in [1.54, 1.807) is 12.2 Å². The summed E-state index contributed by atoms with van der Waals surface area (Å²) in [6.07, 6.45) is 11.9. The maximum absolute atomic E-state index is 11.8. The van der Waals surface area contributed by atoms with Crippen molar-refractivity contribution in [1.29, 1.82) is 0 Å². The van der Waals surface area contributed by atoms with Crippen LogP contribution in [-0.2, 0) is 16.1 Å². The Morgan fingerprint density at radius 1 is 1.00 bits per heavy atom. The van der Waals surface area contributed by atoms with Gasteiger partial charge in [-0.3, -0.25) is 9.59 Å². The van der Waals surface area contributed by atoms with Gasteiger partial charge in [0, 0.05) is 12.2 Å². The van der Waals surface area contributed by atoms with Gasteiger partial charge in [-0.05, 0) is 67.4 Å². The van der Waals surface area contributed by atoms with E-state index in [1.807, 2.05) is 36.4 Å². The number of carbonyl (C=O) groups excluding carboxylic acids is 2. The summed E-state index contributed by atoms with van der Waals surface area (Å²) >= 11 is 0. The van der Waals surface area contributed by atoms with E-state index in [1.165, 1.54) is 25.7 Å². The van der Waals surface area contributed by atoms with Crippen molar-refractivity contribution in [2.24, 2.45) is 11.8 Å². The molecule has 3 rings (SSSR count). The molecule has 0 atom stereocenters. The minimum absolute atomic E-state index is 0.0706. The van der Waals surface area contributed by atoms with Gasteiger partial charge in [0.15, 0.2) is 0 Å². The average molecular weight is 310 g/mol. The molecule has 23 heavy (non-hydrogen) atoms. The number of nitrogens with one attached hydrogen (secondary N) is 2. The van der Waals surface area contributed by atoms with E-state index in [0.717, 1.165) is 11.3 Å². The molecule has 2 N–H and O–H groups in total. The van der Waals surface area contributed by atoms with Crippen molar-refractivity contribution in [3.05, 3.63) is 54.1 Å². The molecule has 0 radical (unpaired) electrons. The van der Waals surface area contributed by atoms with Crippen LogP contribution in [-0.4, -0.2) is 11.8 Å². The fourth-order valence-corrected chi connectivity index (χ4v) is 2.22. The van der Waals surface area contributed by atoms with Gasteiger partial charge >= 0.3 is 0 Å². The van der Waals surface area contributed by atoms with Gasteiger partial charge in [0.05, 0.1) is 0 Å². The molecule has 2 amide bonds. The first-order valence-corrected chi connectivity index (χ1v) is 8.23. The van der Waals surface area contributed by atoms with Crippen LogP contribution in [0.3, 0.4) is 0 Å². The lowest BCUT2D eigenvalue weighted by atomic mass is 10.2. The van der Waals surface area contributed by atoms with Crippen molar-refractivity contribution >= 4 is 17.5 Å². The van der Waals surface area contributed by atoms with Gasteiger partial charge in [0.2, 0.25) is 11.8 Å². The highest BCUT2D eigenvalue weighted by Crippen LogP contribution is 2.30. The fourth-order valence-electron chi connectivity index (χ4n) is 2.22. The number of allylic oxidation sites excluding steroid dienone is 2. The van der Waals surface area contributed by atoms with Crippen LogP contribution in [0.2, 0.25) is 0 Å². The van der Waals surface area contributed by atoms with E-state index in [-0.39, 0.29) is 11.8 Å². The average Bonchev–Trinajstić information content (AvgIpc) is 3.44. The minimum Gasteiger partial charge on any atom is -0.348 e. The Bertz CT molecular complexity index is 641. The van der Waals surface area contributed by atoms with Crippen LogP contribution >= 0.6 is 0 Å². The highest BCUT2D eigenvalue weighted by atomic mass is 16.2. The largest absolute Gasteiger partial charge is 0.348 e. The van der Waals surface area contributed by atoms with Crippen molar-refractivity contribution in [3.63, 3.8) is 0 Å². The molecule has 4 heteroatoms. The van der Waals surface area contributed by atoms with Gasteiger partial charge in [-0.25, -0.2) is 0 Å². The maximum Gasteiger partial charge on any atom is 0.248 e. The molecule has 120 valence electrons. The molecule has 0 spiro atoms. The van der Waals surface area contributed by atoms with Crippen LogP contribution in [0.4, 0.5) is 5.69 Å². The Morgan fingerprint density at radius 3 is 2.30 bits per heavy atom. The van der Waals surface area contributed by atoms with E-state index in [0.29, 0.717) is 18.4 Å². The Morgan fingerprint density at radius 2 is 1.65 bits per heavy atom. The van der Waals surface area contributed by atoms with Crippen molar-refractivity contribution in [2.75, 3.05) is 5.32 Å². The molecule has 0 aliphatic heterocycles. The van der Waals surface area contributed by atoms with Crippen LogP contribution in [0.15, 0.2) is 48.6 Å². The number of hydrogen-bond donors (Lipinski definition) is 2. The smallest absolute Gasteiger partial charge is 0.248 e. The van der Waals surface area contributed by atoms with Gasteiger partial charge in [0.25, 0.3) is 0 Å². The predicted octanol–water partition coefficient (Wildman–Crippen LogP) is 3.17. The molecule has 0 unspecified atom stereocenters. The summed E-state index contributed by atoms with van der Waals surface area (Å²) in [4.78, 5) is 23.5. The van der Waals surface area contributed by atoms with Crippen LogP contribution in [0.1, 0.15) is 31.2 Å². The summed E-state index contributed by atoms with van der Waals surface area (Å²) in [5, 5.41) is 5.71. The normalized spacial score (nSPS) is 17.6. The molecule has 1 aromatic rings. The number of anilines is 1. The lowest BCUT2D eigenvalue weighted by molar-refractivity contribution is -0.116. The van der Waals surface area contributed by atoms with E-state index in [9.17, 15) is 9.59 Å². The molecule has 2 aliphatic rings. The quantitative estimate of drug-likeness (QED) is 0.760. The molecular weight excluding hydrogens is 288 g/mol. The van der Waals surface area contributed by atoms with Crippen LogP contribution in [0.5, 0.6) is 0 Å². The molecule has 0 heterocycles. The summed E-state index contributed by atoms with van der Waals surface area (Å²) in [5.74, 6) is 1.01. The van der Waals surface area contributed by atoms with Crippen molar-refractivity contribution in [3.8, 4) is 0 Å². The van der Waals surface area contributed by atoms with Crippen LogP contribution in [0.25, 0.3) is 0 Å². The van der Waals surface area contributed by atoms with E-state index < -0.39 is 0 Å². The summed E-state index contributed by atoms with van der Waals surface area (Å²) < 4.78 is 0. The van der Waals surface area contributed by atoms with E-state index in [4.69, 9.17) is 0 Å². The first-order valence-electron chi connectivity index (χ1n) is 8.23. The molecular formula is C19H22N2O2. The second kappa shape index (κ2) is 7.27. The lowest BCUT2D eigenvalue weighted by Gasteiger charge is -2.06. The Balaban J connectivity index is 1.47. The lowest BCUT2D eigenvalue weighted by Crippen LogP contribution is -2.20. The summed E-state index contributed by atoms with van der Waals surface area (Å²) in [6.45, 7) is 0.454. The number of hydrogen-bond acceptors (Lipinski definition) is 2. The predicted molar refractivity (Wildman–Crippen MR) is 90.6 cm³/mol. The molecule has 1 aromatic carbocycles. The van der Waals surface area contributed by atoms with E-state index >= 15 is 0 Å². The van der Waals surface area contributed by atoms with Crippen molar-refractivity contribution in [2.45, 2.75) is 32.2 Å². The standard InChI is InChI=1S/C19H22N2O2/c22-18(10-8-14-4-5-14)20-13-16-2-1-3-17(12-16)21-19(23)11-9-15-6-7-15/h1-3,8-12,14-15H,4-7,13H2,(H,20,22)(H,21,23)/b10-8-,11-9-. The zero-order valence-corrected chi connectivity index (χ0v) is 13.1. The number of amides is 2. The van der Waals surface area contributed by atoms with Gasteiger partial charge in [0.1, 0.15) is 0 Å². The number of rotatable bonds is 7. The third-order valence-corrected chi connectivity index (χ3v) is 3.94. The molecule has 2 fully saturated rings. The van der Waals surface area contributed by atoms with Gasteiger partial charge in [-0.1, -0.05) is 24.3 Å². The van der Waals surface area contributed by atoms with E-state index in [2.05, 4.69) is 10.6 Å². The third-order valence-electron chi connectivity index (χ3n) is 3.94. The van der Waals surface area contributed by atoms with Gasteiger partial charge in [-0.2, -0.15) is 0 Å². The second-order valence-electron chi connectivity index (χ2n) is 6.30. The van der Waals surface area contributed by atoms with Crippen molar-refractivity contribution < 1.29 is 9.59 Å². The Hall–Kier alpha value is -2.36. The van der Waals surface area contributed by atoms with Gasteiger partial charge < -0.3 is 10.6 Å². The topological polar surface area (TPSA) is 58.2 Å². The highest BCUT2D eigenvalue weighted by Gasteiger charge is 2.18. The van der Waals surface area contributed by atoms with Crippen molar-refractivity contribution in [1.82, 2.24) is 5.32 Å². The monoisotopic (exact) mass is 310 g/mol. The van der Waals surface area contributed by atoms with Crippen LogP contribution in [0, 0.1) is 11.8 Å². The Kier molecular flexibility index (Phi) is 4.91. The number of benzene rings is 1.